The van der Waals surface area contributed by atoms with E-state index in [0.29, 0.717) is 12.1 Å². The molecule has 146 valence electrons. The Labute approximate surface area is 166 Å². The molecular weight excluding hydrogens is 356 g/mol. The molecule has 1 aromatic carbocycles. The lowest BCUT2D eigenvalue weighted by molar-refractivity contribution is 0.0934. The van der Waals surface area contributed by atoms with E-state index in [-0.39, 0.29) is 18.1 Å². The lowest BCUT2D eigenvalue weighted by Gasteiger charge is -2.30. The number of thiophene rings is 1. The topological polar surface area (TPSA) is 41.6 Å². The highest BCUT2D eigenvalue weighted by Gasteiger charge is 2.23. The van der Waals surface area contributed by atoms with E-state index in [1.54, 1.807) is 11.3 Å². The molecule has 1 N–H and O–H groups in total. The number of nitrogens with one attached hydrogen (secondary N) is 1. The van der Waals surface area contributed by atoms with E-state index in [9.17, 15) is 4.79 Å². The molecule has 0 spiro atoms. The third-order valence-corrected chi connectivity index (χ3v) is 5.87. The quantitative estimate of drug-likeness (QED) is 0.737. The normalized spacial score (nSPS) is 16.7. The molecule has 1 aromatic heterocycles. The third kappa shape index (κ3) is 5.81. The Bertz CT molecular complexity index is 690. The van der Waals surface area contributed by atoms with Gasteiger partial charge in [-0.25, -0.2) is 0 Å². The van der Waals surface area contributed by atoms with Gasteiger partial charge in [0.2, 0.25) is 0 Å². The smallest absolute Gasteiger partial charge is 0.251 e. The molecule has 2 aromatic rings. The number of ether oxygens (including phenoxy) is 1. The van der Waals surface area contributed by atoms with E-state index in [4.69, 9.17) is 4.74 Å². The molecule has 3 rings (SSSR count). The minimum absolute atomic E-state index is 0.0255. The molecule has 1 saturated heterocycles. The van der Waals surface area contributed by atoms with E-state index in [0.717, 1.165) is 18.8 Å². The van der Waals surface area contributed by atoms with Crippen LogP contribution in [0.2, 0.25) is 0 Å². The average Bonchev–Trinajstić information content (AvgIpc) is 3.05. The maximum Gasteiger partial charge on any atom is 0.251 e. The van der Waals surface area contributed by atoms with Gasteiger partial charge in [0.25, 0.3) is 5.91 Å². The highest BCUT2D eigenvalue weighted by atomic mass is 32.1. The van der Waals surface area contributed by atoms with Crippen molar-refractivity contribution < 1.29 is 9.53 Å². The Morgan fingerprint density at radius 2 is 1.81 bits per heavy atom. The van der Waals surface area contributed by atoms with Gasteiger partial charge in [-0.1, -0.05) is 18.9 Å². The highest BCUT2D eigenvalue weighted by molar-refractivity contribution is 7.10. The molecule has 2 heterocycles. The number of likely N-dealkylation sites (tertiary alicyclic amines) is 1. The zero-order chi connectivity index (χ0) is 19.1. The van der Waals surface area contributed by atoms with Crippen molar-refractivity contribution in [1.29, 1.82) is 0 Å². The van der Waals surface area contributed by atoms with E-state index >= 15 is 0 Å². The molecule has 27 heavy (non-hydrogen) atoms. The first-order chi connectivity index (χ1) is 13.1. The van der Waals surface area contributed by atoms with Crippen LogP contribution >= 0.6 is 11.3 Å². The molecule has 0 bridgehead atoms. The number of benzene rings is 1. The first-order valence-electron chi connectivity index (χ1n) is 9.96. The number of carbonyl (C=O) groups excluding carboxylic acids is 1. The van der Waals surface area contributed by atoms with E-state index in [1.165, 1.54) is 30.6 Å². The summed E-state index contributed by atoms with van der Waals surface area (Å²) < 4.78 is 5.65. The summed E-state index contributed by atoms with van der Waals surface area (Å²) in [5.74, 6) is 0.769. The zero-order valence-electron chi connectivity index (χ0n) is 16.3. The first kappa shape index (κ1) is 19.9. The molecule has 1 amide bonds. The summed E-state index contributed by atoms with van der Waals surface area (Å²) in [6.45, 7) is 6.85. The van der Waals surface area contributed by atoms with Crippen LogP contribution in [0, 0.1) is 0 Å². The van der Waals surface area contributed by atoms with Crippen LogP contribution < -0.4 is 10.1 Å². The summed E-state index contributed by atoms with van der Waals surface area (Å²) in [6.07, 6.45) is 5.24. The molecule has 1 aliphatic heterocycles. The van der Waals surface area contributed by atoms with Gasteiger partial charge in [0.15, 0.2) is 0 Å². The van der Waals surface area contributed by atoms with Gasteiger partial charge in [-0.3, -0.25) is 9.69 Å². The molecular formula is C22H30N2O2S. The van der Waals surface area contributed by atoms with Crippen molar-refractivity contribution in [3.63, 3.8) is 0 Å². The van der Waals surface area contributed by atoms with Crippen LogP contribution in [0.25, 0.3) is 0 Å². The molecule has 4 nitrogen and oxygen atoms in total. The van der Waals surface area contributed by atoms with Crippen LogP contribution in [0.4, 0.5) is 0 Å². The number of carbonyl (C=O) groups is 1. The van der Waals surface area contributed by atoms with Gasteiger partial charge in [-0.2, -0.15) is 0 Å². The Hall–Kier alpha value is -1.85. The summed E-state index contributed by atoms with van der Waals surface area (Å²) in [5.41, 5.74) is 0.673. The van der Waals surface area contributed by atoms with Gasteiger partial charge in [0.05, 0.1) is 12.1 Å². The maximum absolute atomic E-state index is 12.6. The molecule has 0 aliphatic carbocycles. The first-order valence-corrected chi connectivity index (χ1v) is 10.8. The molecule has 1 unspecified atom stereocenters. The molecule has 0 saturated carbocycles. The van der Waals surface area contributed by atoms with Crippen molar-refractivity contribution in [3.8, 4) is 5.75 Å². The van der Waals surface area contributed by atoms with Gasteiger partial charge >= 0.3 is 0 Å². The Morgan fingerprint density at radius 1 is 1.11 bits per heavy atom. The van der Waals surface area contributed by atoms with E-state index < -0.39 is 0 Å². The minimum atomic E-state index is -0.0255. The van der Waals surface area contributed by atoms with Crippen molar-refractivity contribution in [2.24, 2.45) is 0 Å². The number of hydrogen-bond acceptors (Lipinski definition) is 4. The second kappa shape index (κ2) is 9.90. The fraction of sp³-hybridized carbons (Fsp3) is 0.500. The van der Waals surface area contributed by atoms with Gasteiger partial charge in [-0.05, 0) is 75.5 Å². The lowest BCUT2D eigenvalue weighted by Crippen LogP contribution is -2.38. The van der Waals surface area contributed by atoms with Gasteiger partial charge in [-0.15, -0.1) is 11.3 Å². The molecule has 0 radical (unpaired) electrons. The van der Waals surface area contributed by atoms with Crippen molar-refractivity contribution >= 4 is 17.2 Å². The molecule has 1 atom stereocenters. The maximum atomic E-state index is 12.6. The monoisotopic (exact) mass is 386 g/mol. The second-order valence-electron chi connectivity index (χ2n) is 7.38. The fourth-order valence-electron chi connectivity index (χ4n) is 3.55. The predicted octanol–water partition coefficient (Wildman–Crippen LogP) is 4.88. The van der Waals surface area contributed by atoms with Crippen molar-refractivity contribution in [1.82, 2.24) is 10.2 Å². The third-order valence-electron chi connectivity index (χ3n) is 4.90. The fourth-order valence-corrected chi connectivity index (χ4v) is 4.41. The van der Waals surface area contributed by atoms with Crippen molar-refractivity contribution in [3.05, 3.63) is 52.2 Å². The van der Waals surface area contributed by atoms with Gasteiger partial charge < -0.3 is 10.1 Å². The lowest BCUT2D eigenvalue weighted by atomic mass is 10.1. The molecule has 1 fully saturated rings. The van der Waals surface area contributed by atoms with Crippen LogP contribution in [0.5, 0.6) is 5.75 Å². The van der Waals surface area contributed by atoms with Crippen molar-refractivity contribution in [2.45, 2.75) is 51.7 Å². The van der Waals surface area contributed by atoms with E-state index in [1.807, 2.05) is 38.1 Å². The summed E-state index contributed by atoms with van der Waals surface area (Å²) >= 11 is 1.78. The standard InChI is InChI=1S/C22H30N2O2S/c1-17(2)26-19-11-9-18(10-12-19)22(25)23-16-20(21-8-7-15-27-21)24-13-5-3-4-6-14-24/h7-12,15,17,20H,3-6,13-14,16H2,1-2H3,(H,23,25). The number of amides is 1. The summed E-state index contributed by atoms with van der Waals surface area (Å²) in [4.78, 5) is 16.5. The summed E-state index contributed by atoms with van der Waals surface area (Å²) in [5, 5.41) is 5.27. The van der Waals surface area contributed by atoms with Crippen LogP contribution in [-0.4, -0.2) is 36.5 Å². The Morgan fingerprint density at radius 3 is 2.41 bits per heavy atom. The van der Waals surface area contributed by atoms with Crippen LogP contribution in [0.15, 0.2) is 41.8 Å². The van der Waals surface area contributed by atoms with Gasteiger partial charge in [0.1, 0.15) is 5.75 Å². The zero-order valence-corrected chi connectivity index (χ0v) is 17.1. The Balaban J connectivity index is 1.63. The second-order valence-corrected chi connectivity index (χ2v) is 8.36. The SMILES string of the molecule is CC(C)Oc1ccc(C(=O)NCC(c2cccs2)N2CCCCCC2)cc1. The largest absolute Gasteiger partial charge is 0.491 e. The predicted molar refractivity (Wildman–Crippen MR) is 112 cm³/mol. The summed E-state index contributed by atoms with van der Waals surface area (Å²) in [6, 6.07) is 11.9. The Kier molecular flexibility index (Phi) is 7.30. The van der Waals surface area contributed by atoms with Crippen LogP contribution in [-0.2, 0) is 0 Å². The number of hydrogen-bond donors (Lipinski definition) is 1. The van der Waals surface area contributed by atoms with Crippen molar-refractivity contribution in [2.75, 3.05) is 19.6 Å². The highest BCUT2D eigenvalue weighted by Crippen LogP contribution is 2.27. The van der Waals surface area contributed by atoms with Gasteiger partial charge in [0, 0.05) is 17.0 Å². The minimum Gasteiger partial charge on any atom is -0.491 e. The number of nitrogens with zero attached hydrogens (tertiary/aromatic N) is 1. The molecule has 5 heteroatoms. The van der Waals surface area contributed by atoms with Crippen LogP contribution in [0.3, 0.4) is 0 Å². The average molecular weight is 387 g/mol. The number of rotatable bonds is 7. The van der Waals surface area contributed by atoms with E-state index in [2.05, 4.69) is 27.7 Å². The van der Waals surface area contributed by atoms with Crippen LogP contribution in [0.1, 0.15) is 60.8 Å². The summed E-state index contributed by atoms with van der Waals surface area (Å²) in [7, 11) is 0. The molecule has 1 aliphatic rings.